The summed E-state index contributed by atoms with van der Waals surface area (Å²) >= 11 is 0. The first-order valence-electron chi connectivity index (χ1n) is 5.15. The summed E-state index contributed by atoms with van der Waals surface area (Å²) in [6, 6.07) is 0. The molecule has 0 aromatic rings. The smallest absolute Gasteiger partial charge is 0.146 e. The van der Waals surface area contributed by atoms with Gasteiger partial charge in [-0.2, -0.15) is 0 Å². The Balaban J connectivity index is 3.77. The van der Waals surface area contributed by atoms with Crippen molar-refractivity contribution in [3.8, 4) is 0 Å². The van der Waals surface area contributed by atoms with Crippen molar-refractivity contribution in [2.24, 2.45) is 0 Å². The Morgan fingerprint density at radius 1 is 1.29 bits per heavy atom. The normalized spacial score (nSPS) is 15.4. The van der Waals surface area contributed by atoms with Gasteiger partial charge in [0.05, 0.1) is 12.2 Å². The lowest BCUT2D eigenvalue weighted by Crippen LogP contribution is -2.30. The van der Waals surface area contributed by atoms with Crippen LogP contribution >= 0.6 is 0 Å². The Bertz CT molecular complexity index is 119. The minimum Gasteiger partial charge on any atom is -0.396 e. The number of methoxy groups -OCH3 is 1. The summed E-state index contributed by atoms with van der Waals surface area (Å²) in [6.45, 7) is 2.26. The topological polar surface area (TPSA) is 58.9 Å². The number of aliphatic hydroxyl groups is 2. The molecule has 0 saturated carbocycles. The molecular weight excluding hydrogens is 184 g/mol. The fraction of sp³-hybridized carbons (Fsp3) is 1.00. The lowest BCUT2D eigenvalue weighted by molar-refractivity contribution is -0.119. The van der Waals surface area contributed by atoms with E-state index in [0.717, 1.165) is 12.8 Å². The van der Waals surface area contributed by atoms with Crippen LogP contribution in [0.4, 0.5) is 0 Å². The summed E-state index contributed by atoms with van der Waals surface area (Å²) < 4.78 is 10.0. The van der Waals surface area contributed by atoms with Gasteiger partial charge in [-0.05, 0) is 12.8 Å². The molecule has 86 valence electrons. The van der Waals surface area contributed by atoms with Gasteiger partial charge in [0, 0.05) is 13.7 Å². The molecule has 0 bridgehead atoms. The van der Waals surface area contributed by atoms with Crippen molar-refractivity contribution >= 4 is 0 Å². The molecule has 0 aromatic carbocycles. The maximum atomic E-state index is 9.71. The standard InChI is InChI=1S/C10H22O4/c1-3-4-5-9(12)10(6-7-11)14-8-13-2/h9-12H,3-8H2,1-2H3/t9-,10+/m1/s1. The van der Waals surface area contributed by atoms with E-state index in [1.165, 1.54) is 7.11 Å². The van der Waals surface area contributed by atoms with Gasteiger partial charge in [0.2, 0.25) is 0 Å². The summed E-state index contributed by atoms with van der Waals surface area (Å²) in [7, 11) is 1.54. The van der Waals surface area contributed by atoms with Crippen molar-refractivity contribution in [2.75, 3.05) is 20.5 Å². The Morgan fingerprint density at radius 3 is 2.50 bits per heavy atom. The molecule has 0 unspecified atom stereocenters. The monoisotopic (exact) mass is 206 g/mol. The summed E-state index contributed by atoms with van der Waals surface area (Å²) in [5, 5.41) is 18.5. The van der Waals surface area contributed by atoms with E-state index in [2.05, 4.69) is 6.92 Å². The molecule has 0 saturated heterocycles. The second-order valence-electron chi connectivity index (χ2n) is 3.33. The average molecular weight is 206 g/mol. The molecule has 14 heavy (non-hydrogen) atoms. The van der Waals surface area contributed by atoms with Crippen molar-refractivity contribution < 1.29 is 19.7 Å². The predicted octanol–water partition coefficient (Wildman–Crippen LogP) is 0.909. The lowest BCUT2D eigenvalue weighted by atomic mass is 10.1. The van der Waals surface area contributed by atoms with Gasteiger partial charge in [-0.1, -0.05) is 19.8 Å². The maximum absolute atomic E-state index is 9.71. The fourth-order valence-corrected chi connectivity index (χ4v) is 1.27. The molecular formula is C10H22O4. The van der Waals surface area contributed by atoms with Gasteiger partial charge in [-0.3, -0.25) is 0 Å². The molecule has 0 fully saturated rings. The average Bonchev–Trinajstić information content (AvgIpc) is 2.20. The molecule has 4 heteroatoms. The fourth-order valence-electron chi connectivity index (χ4n) is 1.27. The number of rotatable bonds is 9. The van der Waals surface area contributed by atoms with Crippen LogP contribution in [-0.4, -0.2) is 42.9 Å². The van der Waals surface area contributed by atoms with E-state index in [9.17, 15) is 5.11 Å². The van der Waals surface area contributed by atoms with Gasteiger partial charge in [-0.25, -0.2) is 0 Å². The minimum atomic E-state index is -0.503. The van der Waals surface area contributed by atoms with Gasteiger partial charge in [0.25, 0.3) is 0 Å². The number of hydrogen-bond acceptors (Lipinski definition) is 4. The molecule has 2 atom stereocenters. The van der Waals surface area contributed by atoms with Gasteiger partial charge in [0.1, 0.15) is 6.79 Å². The maximum Gasteiger partial charge on any atom is 0.146 e. The third kappa shape index (κ3) is 6.32. The molecule has 0 amide bonds. The highest BCUT2D eigenvalue weighted by Crippen LogP contribution is 2.11. The number of hydrogen-bond donors (Lipinski definition) is 2. The molecule has 0 aliphatic rings. The predicted molar refractivity (Wildman–Crippen MR) is 54.0 cm³/mol. The number of ether oxygens (including phenoxy) is 2. The van der Waals surface area contributed by atoms with Crippen molar-refractivity contribution in [2.45, 2.75) is 44.8 Å². The van der Waals surface area contributed by atoms with E-state index in [1.54, 1.807) is 0 Å². The Hall–Kier alpha value is -0.160. The third-order valence-corrected chi connectivity index (χ3v) is 2.10. The largest absolute Gasteiger partial charge is 0.396 e. The van der Waals surface area contributed by atoms with Crippen molar-refractivity contribution in [1.82, 2.24) is 0 Å². The third-order valence-electron chi connectivity index (χ3n) is 2.10. The zero-order chi connectivity index (χ0) is 10.8. The number of aliphatic hydroxyl groups excluding tert-OH is 2. The van der Waals surface area contributed by atoms with Crippen LogP contribution in [0.5, 0.6) is 0 Å². The zero-order valence-corrected chi connectivity index (χ0v) is 9.11. The molecule has 0 heterocycles. The summed E-state index contributed by atoms with van der Waals surface area (Å²) in [5.41, 5.74) is 0. The highest BCUT2D eigenvalue weighted by atomic mass is 16.7. The Morgan fingerprint density at radius 2 is 2.00 bits per heavy atom. The van der Waals surface area contributed by atoms with E-state index < -0.39 is 6.10 Å². The van der Waals surface area contributed by atoms with Crippen LogP contribution in [0.15, 0.2) is 0 Å². The SMILES string of the molecule is CCCC[C@@H](O)[C@H](CCO)OCOC. The molecule has 0 aromatic heterocycles. The highest BCUT2D eigenvalue weighted by molar-refractivity contribution is 4.68. The van der Waals surface area contributed by atoms with Crippen LogP contribution in [-0.2, 0) is 9.47 Å². The Labute approximate surface area is 85.8 Å². The summed E-state index contributed by atoms with van der Waals surface area (Å²) in [6.07, 6.45) is 2.37. The van der Waals surface area contributed by atoms with Gasteiger partial charge in [-0.15, -0.1) is 0 Å². The van der Waals surface area contributed by atoms with Crippen molar-refractivity contribution in [1.29, 1.82) is 0 Å². The van der Waals surface area contributed by atoms with Gasteiger partial charge >= 0.3 is 0 Å². The van der Waals surface area contributed by atoms with Crippen LogP contribution in [0.25, 0.3) is 0 Å². The van der Waals surface area contributed by atoms with E-state index >= 15 is 0 Å². The number of unbranched alkanes of at least 4 members (excludes halogenated alkanes) is 1. The Kier molecular flexibility index (Phi) is 9.29. The second kappa shape index (κ2) is 9.40. The van der Waals surface area contributed by atoms with Crippen LogP contribution in [0.1, 0.15) is 32.6 Å². The van der Waals surface area contributed by atoms with E-state index in [4.69, 9.17) is 14.6 Å². The zero-order valence-electron chi connectivity index (χ0n) is 9.11. The van der Waals surface area contributed by atoms with E-state index in [-0.39, 0.29) is 19.5 Å². The molecule has 0 aliphatic heterocycles. The lowest BCUT2D eigenvalue weighted by Gasteiger charge is -2.22. The first-order valence-corrected chi connectivity index (χ1v) is 5.15. The molecule has 0 spiro atoms. The minimum absolute atomic E-state index is 0.0254. The summed E-state index contributed by atoms with van der Waals surface area (Å²) in [4.78, 5) is 0. The molecule has 0 rings (SSSR count). The van der Waals surface area contributed by atoms with Crippen LogP contribution < -0.4 is 0 Å². The second-order valence-corrected chi connectivity index (χ2v) is 3.33. The first kappa shape index (κ1) is 13.8. The van der Waals surface area contributed by atoms with Crippen molar-refractivity contribution in [3.63, 3.8) is 0 Å². The van der Waals surface area contributed by atoms with Crippen molar-refractivity contribution in [3.05, 3.63) is 0 Å². The molecule has 0 radical (unpaired) electrons. The quantitative estimate of drug-likeness (QED) is 0.550. The molecule has 2 N–H and O–H groups in total. The van der Waals surface area contributed by atoms with Crippen LogP contribution in [0, 0.1) is 0 Å². The van der Waals surface area contributed by atoms with Crippen LogP contribution in [0.2, 0.25) is 0 Å². The van der Waals surface area contributed by atoms with Gasteiger partial charge < -0.3 is 19.7 Å². The van der Waals surface area contributed by atoms with E-state index in [0.29, 0.717) is 12.8 Å². The van der Waals surface area contributed by atoms with Gasteiger partial charge in [0.15, 0.2) is 0 Å². The first-order chi connectivity index (χ1) is 6.76. The summed E-state index contributed by atoms with van der Waals surface area (Å²) in [5.74, 6) is 0. The van der Waals surface area contributed by atoms with Crippen LogP contribution in [0.3, 0.4) is 0 Å². The van der Waals surface area contributed by atoms with E-state index in [1.807, 2.05) is 0 Å². The molecule has 0 aliphatic carbocycles. The molecule has 4 nitrogen and oxygen atoms in total. The highest BCUT2D eigenvalue weighted by Gasteiger charge is 2.18.